The minimum Gasteiger partial charge on any atom is -0.485 e. The Hall–Kier alpha value is -1.03. The maximum absolute atomic E-state index is 10.2. The molecule has 3 rings (SSSR count). The van der Waals surface area contributed by atoms with E-state index in [0.717, 1.165) is 21.3 Å². The second-order valence-corrected chi connectivity index (χ2v) is 5.85. The molecule has 2 nitrogen and oxygen atoms in total. The molecule has 0 saturated carbocycles. The third-order valence-electron chi connectivity index (χ3n) is 3.29. The van der Waals surface area contributed by atoms with Gasteiger partial charge in [0.15, 0.2) is 0 Å². The molecule has 2 aromatic carbocycles. The highest BCUT2D eigenvalue weighted by Gasteiger charge is 2.28. The first-order valence-corrected chi connectivity index (χ1v) is 7.21. The lowest BCUT2D eigenvalue weighted by Crippen LogP contribution is -2.19. The molecule has 0 aliphatic carbocycles. The lowest BCUT2D eigenvalue weighted by Gasteiger charge is -2.30. The Bertz CT molecular complexity index is 615. The molecule has 0 fully saturated rings. The number of rotatable bonds is 1. The van der Waals surface area contributed by atoms with E-state index in [0.29, 0.717) is 11.4 Å². The zero-order chi connectivity index (χ0) is 13.4. The van der Waals surface area contributed by atoms with Crippen LogP contribution in [0.2, 0.25) is 5.02 Å². The number of fused-ring (bicyclic) bond motifs is 1. The van der Waals surface area contributed by atoms with Crippen LogP contribution in [0.25, 0.3) is 0 Å². The number of hydrogen-bond acceptors (Lipinski definition) is 2. The zero-order valence-electron chi connectivity index (χ0n) is 10.0. The van der Waals surface area contributed by atoms with E-state index < -0.39 is 6.10 Å². The molecule has 0 amide bonds. The summed E-state index contributed by atoms with van der Waals surface area (Å²) in [5.41, 5.74) is 1.85. The Balaban J connectivity index is 1.97. The monoisotopic (exact) mass is 338 g/mol. The third-order valence-corrected chi connectivity index (χ3v) is 4.22. The number of hydrogen-bond donors (Lipinski definition) is 1. The maximum atomic E-state index is 10.2. The SMILES string of the molecule is O[C@@H]1CC(c2ccc(Cl)cc2Br)Oc2ccccc21. The zero-order valence-corrected chi connectivity index (χ0v) is 12.4. The van der Waals surface area contributed by atoms with Crippen LogP contribution < -0.4 is 4.74 Å². The molecule has 2 atom stereocenters. The predicted octanol–water partition coefficient (Wildman–Crippen LogP) is 4.66. The molecular formula is C15H12BrClO2. The lowest BCUT2D eigenvalue weighted by atomic mass is 9.95. The molecule has 1 heterocycles. The van der Waals surface area contributed by atoms with Crippen LogP contribution in [-0.2, 0) is 0 Å². The Morgan fingerprint density at radius 3 is 2.74 bits per heavy atom. The van der Waals surface area contributed by atoms with Crippen LogP contribution in [-0.4, -0.2) is 5.11 Å². The third kappa shape index (κ3) is 2.50. The highest BCUT2D eigenvalue weighted by atomic mass is 79.9. The lowest BCUT2D eigenvalue weighted by molar-refractivity contribution is 0.0654. The van der Waals surface area contributed by atoms with Gasteiger partial charge in [-0.3, -0.25) is 0 Å². The average Bonchev–Trinajstić information content (AvgIpc) is 2.38. The van der Waals surface area contributed by atoms with Gasteiger partial charge < -0.3 is 9.84 Å². The molecule has 1 aliphatic heterocycles. The smallest absolute Gasteiger partial charge is 0.128 e. The molecular weight excluding hydrogens is 328 g/mol. The summed E-state index contributed by atoms with van der Waals surface area (Å²) in [5, 5.41) is 10.9. The molecule has 1 unspecified atom stereocenters. The van der Waals surface area contributed by atoms with Gasteiger partial charge in [-0.25, -0.2) is 0 Å². The van der Waals surface area contributed by atoms with Gasteiger partial charge in [0.1, 0.15) is 11.9 Å². The number of aliphatic hydroxyl groups excluding tert-OH is 1. The van der Waals surface area contributed by atoms with Gasteiger partial charge in [0.25, 0.3) is 0 Å². The van der Waals surface area contributed by atoms with Crippen LogP contribution in [0.5, 0.6) is 5.75 Å². The fourth-order valence-electron chi connectivity index (χ4n) is 2.35. The fourth-order valence-corrected chi connectivity index (χ4v) is 3.29. The summed E-state index contributed by atoms with van der Waals surface area (Å²) in [5.74, 6) is 0.744. The number of ether oxygens (including phenoxy) is 1. The number of benzene rings is 2. The van der Waals surface area contributed by atoms with E-state index in [1.807, 2.05) is 42.5 Å². The Morgan fingerprint density at radius 1 is 1.16 bits per heavy atom. The summed E-state index contributed by atoms with van der Waals surface area (Å²) in [7, 11) is 0. The van der Waals surface area contributed by atoms with Crippen molar-refractivity contribution in [2.45, 2.75) is 18.6 Å². The van der Waals surface area contributed by atoms with Crippen LogP contribution in [0.1, 0.15) is 29.8 Å². The largest absolute Gasteiger partial charge is 0.485 e. The molecule has 2 aromatic rings. The molecule has 4 heteroatoms. The van der Waals surface area contributed by atoms with Crippen molar-refractivity contribution in [2.24, 2.45) is 0 Å². The van der Waals surface area contributed by atoms with Crippen LogP contribution >= 0.6 is 27.5 Å². The van der Waals surface area contributed by atoms with Gasteiger partial charge >= 0.3 is 0 Å². The van der Waals surface area contributed by atoms with E-state index in [2.05, 4.69) is 15.9 Å². The number of halogens is 2. The van der Waals surface area contributed by atoms with E-state index in [4.69, 9.17) is 16.3 Å². The van der Waals surface area contributed by atoms with Crippen LogP contribution in [0, 0.1) is 0 Å². The first-order valence-electron chi connectivity index (χ1n) is 6.04. The van der Waals surface area contributed by atoms with Gasteiger partial charge in [0.2, 0.25) is 0 Å². The first kappa shape index (κ1) is 13.0. The van der Waals surface area contributed by atoms with E-state index in [-0.39, 0.29) is 6.10 Å². The average molecular weight is 340 g/mol. The van der Waals surface area contributed by atoms with Gasteiger partial charge in [-0.2, -0.15) is 0 Å². The van der Waals surface area contributed by atoms with Crippen molar-refractivity contribution in [3.8, 4) is 5.75 Å². The van der Waals surface area contributed by atoms with E-state index >= 15 is 0 Å². The standard InChI is InChI=1S/C15H12BrClO2/c16-12-7-9(17)5-6-10(12)15-8-13(18)11-3-1-2-4-14(11)19-15/h1-7,13,15,18H,8H2/t13-,15?/m1/s1. The van der Waals surface area contributed by atoms with Crippen molar-refractivity contribution in [1.82, 2.24) is 0 Å². The highest BCUT2D eigenvalue weighted by Crippen LogP contribution is 2.42. The molecule has 1 aliphatic rings. The van der Waals surface area contributed by atoms with Crippen LogP contribution in [0.15, 0.2) is 46.9 Å². The van der Waals surface area contributed by atoms with Crippen molar-refractivity contribution in [1.29, 1.82) is 0 Å². The highest BCUT2D eigenvalue weighted by molar-refractivity contribution is 9.10. The van der Waals surface area contributed by atoms with Crippen molar-refractivity contribution in [2.75, 3.05) is 0 Å². The Kier molecular flexibility index (Phi) is 3.52. The fraction of sp³-hybridized carbons (Fsp3) is 0.200. The van der Waals surface area contributed by atoms with Crippen molar-refractivity contribution in [3.63, 3.8) is 0 Å². The Morgan fingerprint density at radius 2 is 1.95 bits per heavy atom. The molecule has 1 N–H and O–H groups in total. The van der Waals surface area contributed by atoms with Gasteiger partial charge in [-0.05, 0) is 18.2 Å². The number of aliphatic hydroxyl groups is 1. The van der Waals surface area contributed by atoms with E-state index in [1.54, 1.807) is 0 Å². The molecule has 0 aromatic heterocycles. The minimum absolute atomic E-state index is 0.170. The summed E-state index contributed by atoms with van der Waals surface area (Å²) in [6, 6.07) is 13.2. The maximum Gasteiger partial charge on any atom is 0.128 e. The normalized spacial score (nSPS) is 21.6. The summed E-state index contributed by atoms with van der Waals surface area (Å²) in [6.45, 7) is 0. The summed E-state index contributed by atoms with van der Waals surface area (Å²) < 4.78 is 6.88. The van der Waals surface area contributed by atoms with Crippen LogP contribution in [0.3, 0.4) is 0 Å². The molecule has 0 spiro atoms. The van der Waals surface area contributed by atoms with Crippen LogP contribution in [0.4, 0.5) is 0 Å². The van der Waals surface area contributed by atoms with E-state index in [1.165, 1.54) is 0 Å². The minimum atomic E-state index is -0.502. The number of para-hydroxylation sites is 1. The second kappa shape index (κ2) is 5.16. The van der Waals surface area contributed by atoms with Crippen molar-refractivity contribution in [3.05, 3.63) is 63.1 Å². The van der Waals surface area contributed by atoms with Crippen molar-refractivity contribution >= 4 is 27.5 Å². The van der Waals surface area contributed by atoms with Gasteiger partial charge in [-0.1, -0.05) is 51.8 Å². The molecule has 98 valence electrons. The predicted molar refractivity (Wildman–Crippen MR) is 78.5 cm³/mol. The van der Waals surface area contributed by atoms with Gasteiger partial charge in [-0.15, -0.1) is 0 Å². The van der Waals surface area contributed by atoms with Gasteiger partial charge in [0.05, 0.1) is 6.10 Å². The molecule has 0 bridgehead atoms. The quantitative estimate of drug-likeness (QED) is 0.819. The summed E-state index contributed by atoms with van der Waals surface area (Å²) in [4.78, 5) is 0. The molecule has 0 radical (unpaired) electrons. The topological polar surface area (TPSA) is 29.5 Å². The van der Waals surface area contributed by atoms with Crippen molar-refractivity contribution < 1.29 is 9.84 Å². The summed E-state index contributed by atoms with van der Waals surface area (Å²) >= 11 is 9.44. The van der Waals surface area contributed by atoms with Gasteiger partial charge in [0, 0.05) is 27.0 Å². The molecule has 0 saturated heterocycles. The molecule has 19 heavy (non-hydrogen) atoms. The second-order valence-electron chi connectivity index (χ2n) is 4.56. The first-order chi connectivity index (χ1) is 9.15. The van der Waals surface area contributed by atoms with E-state index in [9.17, 15) is 5.11 Å². The summed E-state index contributed by atoms with van der Waals surface area (Å²) in [6.07, 6.45) is -0.133. The Labute approximate surface area is 125 Å².